The highest BCUT2D eigenvalue weighted by Gasteiger charge is 2.47. The molecule has 2 fully saturated rings. The summed E-state index contributed by atoms with van der Waals surface area (Å²) >= 11 is 8.87. The normalized spacial score (nSPS) is 18.2. The molecule has 53 nitrogen and oxygen atoms in total. The standard InChI is InChI=1S/C89H148N28O25S2/c1-9-43(4)66(113-80(135)63-37-51(123)40-117(63)85(140)65(42(2)3)112-76(131)58-36-50(122)39-101-58)81(136)115-68(45(6)119)83(138)108-59(34-46-17-21-48(120)22-18-46)78(133)116-69(89(7,8)144)84(139)109-60(38-64(94)124)77(132)104-53(15-12-32-99-87(95)96)70(125)105-57(27-31-93)75(130)114-67(44(5)118)82(137)107-56(26-30-92)74(129)102-52(14-10-11-28-90)72(127)111-62(41-143)79(134)106-55(25-29-91)73(128)103-54(16-13-33-100-88(97)98)71(126)110-61(86(141)142)35-47-19-23-49(121)24-20-47/h17-24,42-45,50-63,65-69,101,118-123,143-144H,9-16,25-41,90-93H2,1-8H3,(H2,94,124)(H,102,129)(H,103,128)(H,104,132)(H,105,125)(H,106,134)(H,107,137)(H,108,138)(H,109,139)(H,110,126)(H,111,127)(H,112,131)(H,113,135)(H,114,130)(H,115,136)(H,116,133)(H,141,142)(H4,95,96,99)(H4,97,98,100)/t43-,44+,45+,50+,51+,52-,53-,54-,55-,56+,57-,58-,59-,60-,61-,62-,63-,65-,66-,67-,68-,69+/m0/s1. The summed E-state index contributed by atoms with van der Waals surface area (Å²) in [7, 11) is 0. The van der Waals surface area contributed by atoms with Gasteiger partial charge in [-0.3, -0.25) is 92.3 Å². The number of hydrogen-bond donors (Lipinski definition) is 36. The largest absolute Gasteiger partial charge is 0.508 e. The Bertz CT molecular complexity index is 4680. The summed E-state index contributed by atoms with van der Waals surface area (Å²) in [4.78, 5) is 256. The van der Waals surface area contributed by atoms with E-state index in [1.807, 2.05) is 0 Å². The van der Waals surface area contributed by atoms with E-state index in [2.05, 4.69) is 121 Å². The molecule has 2 aromatic carbocycles. The summed E-state index contributed by atoms with van der Waals surface area (Å²) in [6.07, 6.45) is -8.61. The molecule has 2 heterocycles. The number of carboxylic acids is 1. The first-order valence-corrected chi connectivity index (χ1v) is 48.5. The van der Waals surface area contributed by atoms with Gasteiger partial charge in [0.2, 0.25) is 100 Å². The van der Waals surface area contributed by atoms with Crippen molar-refractivity contribution >= 4 is 144 Å². The molecule has 2 aromatic rings. The minimum Gasteiger partial charge on any atom is -0.508 e. The van der Waals surface area contributed by atoms with E-state index in [4.69, 9.17) is 51.0 Å². The Balaban J connectivity index is 1.57. The first kappa shape index (κ1) is 124. The van der Waals surface area contributed by atoms with Crippen LogP contribution in [0.25, 0.3) is 0 Å². The number of phenols is 2. The molecule has 2 aliphatic heterocycles. The monoisotopic (exact) mass is 2070 g/mol. The van der Waals surface area contributed by atoms with Crippen LogP contribution < -0.4 is 136 Å². The highest BCUT2D eigenvalue weighted by molar-refractivity contribution is 7.81. The number of unbranched alkanes of at least 4 members (excludes halogenated alkanes) is 1. The zero-order valence-electron chi connectivity index (χ0n) is 81.9. The number of nitrogens with zero attached hydrogens (tertiary/aromatic N) is 1. The zero-order chi connectivity index (χ0) is 108. The molecule has 41 N–H and O–H groups in total. The summed E-state index contributed by atoms with van der Waals surface area (Å²) < 4.78 is -1.67. The van der Waals surface area contributed by atoms with Crippen molar-refractivity contribution in [2.75, 3.05) is 58.1 Å². The van der Waals surface area contributed by atoms with E-state index in [1.54, 1.807) is 27.7 Å². The molecule has 17 amide bonds. The first-order valence-electron chi connectivity index (χ1n) is 47.4. The summed E-state index contributed by atoms with van der Waals surface area (Å²) in [5.74, 6) is -22.4. The third-order valence-corrected chi connectivity index (χ3v) is 24.3. The van der Waals surface area contributed by atoms with Gasteiger partial charge in [0.15, 0.2) is 11.9 Å². The molecule has 0 radical (unpaired) electrons. The summed E-state index contributed by atoms with van der Waals surface area (Å²) in [5, 5.41) is 134. The molecule has 0 unspecified atom stereocenters. The quantitative estimate of drug-likeness (QED) is 0.0127. The number of nitrogens with two attached hydrogens (primary N) is 7. The minimum atomic E-state index is -2.03. The number of guanidine groups is 2. The van der Waals surface area contributed by atoms with Gasteiger partial charge in [0, 0.05) is 55.9 Å². The number of thiol groups is 2. The molecule has 55 heteroatoms. The molecular weight excluding hydrogens is 1930 g/mol. The molecule has 806 valence electrons. The van der Waals surface area contributed by atoms with Gasteiger partial charge in [-0.2, -0.15) is 25.3 Å². The number of aliphatic hydroxyl groups is 4. The number of phenolic OH excluding ortho intramolecular Hbond substituents is 2. The number of carbonyl (C=O) groups is 18. The lowest BCUT2D eigenvalue weighted by atomic mass is 9.96. The lowest BCUT2D eigenvalue weighted by Gasteiger charge is -2.33. The number of primary amides is 1. The smallest absolute Gasteiger partial charge is 0.326 e. The zero-order valence-corrected chi connectivity index (χ0v) is 83.7. The van der Waals surface area contributed by atoms with Crippen LogP contribution in [-0.4, -0.2) is 349 Å². The maximum absolute atomic E-state index is 14.9. The average Bonchev–Trinajstić information content (AvgIpc) is 1.65. The van der Waals surface area contributed by atoms with E-state index in [9.17, 15) is 122 Å². The fraction of sp³-hybridized carbons (Fsp3) is 0.640. The van der Waals surface area contributed by atoms with Crippen molar-refractivity contribution < 1.29 is 122 Å². The number of hydrogen-bond acceptors (Lipinski definition) is 33. The van der Waals surface area contributed by atoms with Crippen molar-refractivity contribution in [2.24, 2.45) is 52.0 Å². The third kappa shape index (κ3) is 41.6. The van der Waals surface area contributed by atoms with Gasteiger partial charge in [-0.05, 0) is 172 Å². The lowest BCUT2D eigenvalue weighted by Crippen LogP contribution is -2.64. The molecule has 22 atom stereocenters. The number of aliphatic hydroxyl groups excluding tert-OH is 4. The fourth-order valence-corrected chi connectivity index (χ4v) is 15.8. The first-order chi connectivity index (χ1) is 67.7. The third-order valence-electron chi connectivity index (χ3n) is 23.6. The Morgan fingerprint density at radius 3 is 1.20 bits per heavy atom. The molecule has 0 spiro atoms. The SMILES string of the molecule is CC[C@H](C)[C@H](NC(=O)[C@@H]1C[C@@H](O)CN1C(=O)[C@@H](NC(=O)[C@@H]1C[C@@H](O)CN1)C(C)C)C(=O)N[C@H](C(=O)N[C@@H](Cc1ccc(O)cc1)C(=O)N[C@H](C(=O)N[C@@H](CC(N)=O)C(=O)N[C@@H](CCCNC(=N)N)C(=O)N[C@@H](CCN)C(=O)N[C@H](C(=O)N[C@H](CCN)C(=O)N[C@@H](CCCCN)C(=O)N[C@@H](CS)C(=O)N[C@@H](CCN)C(=O)N[C@@H](CCCNC(=N)N)C(=O)N[C@@H](Cc1ccc(O)cc1)C(=O)O)[C@@H](C)O)C(C)(C)S)[C@@H](C)O. The highest BCUT2D eigenvalue weighted by atomic mass is 32.1. The minimum absolute atomic E-state index is 0.0367. The highest BCUT2D eigenvalue weighted by Crippen LogP contribution is 2.25. The maximum atomic E-state index is 14.9. The van der Waals surface area contributed by atoms with E-state index in [1.165, 1.54) is 62.4 Å². The van der Waals surface area contributed by atoms with Gasteiger partial charge in [0.1, 0.15) is 108 Å². The molecule has 0 saturated carbocycles. The number of β-amino-alcohol motifs (C(OH)–C–C–N with tert-alkyl or cyclic N) is 2. The van der Waals surface area contributed by atoms with Crippen LogP contribution in [0, 0.1) is 22.7 Å². The number of carboxylic acid groups (broad SMARTS) is 1. The number of carbonyl (C=O) groups excluding carboxylic acids is 17. The van der Waals surface area contributed by atoms with Gasteiger partial charge in [-0.15, -0.1) is 0 Å². The van der Waals surface area contributed by atoms with Crippen LogP contribution in [0.4, 0.5) is 0 Å². The van der Waals surface area contributed by atoms with Crippen LogP contribution in [0.5, 0.6) is 11.5 Å². The number of aliphatic carboxylic acids is 1. The number of nitrogens with one attached hydrogen (secondary N) is 20. The van der Waals surface area contributed by atoms with E-state index >= 15 is 0 Å². The molecule has 0 aromatic heterocycles. The van der Waals surface area contributed by atoms with Crippen LogP contribution in [0.15, 0.2) is 48.5 Å². The van der Waals surface area contributed by atoms with Crippen LogP contribution in [0.1, 0.15) is 156 Å². The molecule has 2 aliphatic rings. The van der Waals surface area contributed by atoms with E-state index in [-0.39, 0.29) is 146 Å². The van der Waals surface area contributed by atoms with E-state index in [0.717, 1.165) is 18.7 Å². The Labute approximate surface area is 844 Å². The molecular formula is C89H148N28O25S2. The summed E-state index contributed by atoms with van der Waals surface area (Å²) in [5.41, 5.74) is 40.9. The summed E-state index contributed by atoms with van der Waals surface area (Å²) in [6, 6.07) is -16.6. The Morgan fingerprint density at radius 2 is 0.812 bits per heavy atom. The summed E-state index contributed by atoms with van der Waals surface area (Å²) in [6.45, 7) is 10.3. The van der Waals surface area contributed by atoms with E-state index < -0.39 is 287 Å². The van der Waals surface area contributed by atoms with Crippen molar-refractivity contribution in [1.82, 2.24) is 101 Å². The van der Waals surface area contributed by atoms with Crippen molar-refractivity contribution in [2.45, 2.75) is 290 Å². The van der Waals surface area contributed by atoms with Gasteiger partial charge in [0.25, 0.3) is 0 Å². The van der Waals surface area contributed by atoms with Crippen LogP contribution >= 0.6 is 25.3 Å². The van der Waals surface area contributed by atoms with Crippen molar-refractivity contribution in [3.63, 3.8) is 0 Å². The Morgan fingerprint density at radius 1 is 0.444 bits per heavy atom. The van der Waals surface area contributed by atoms with Gasteiger partial charge in [-0.25, -0.2) is 4.79 Å². The predicted molar refractivity (Wildman–Crippen MR) is 529 cm³/mol. The Hall–Kier alpha value is -12.6. The maximum Gasteiger partial charge on any atom is 0.326 e. The molecule has 4 rings (SSSR count). The molecule has 0 bridgehead atoms. The second-order valence-corrected chi connectivity index (χ2v) is 37.9. The molecule has 144 heavy (non-hydrogen) atoms. The average molecular weight is 2070 g/mol. The molecule has 0 aliphatic carbocycles. The van der Waals surface area contributed by atoms with Crippen LogP contribution in [0.3, 0.4) is 0 Å². The van der Waals surface area contributed by atoms with Gasteiger partial charge in [-0.1, -0.05) is 58.4 Å². The van der Waals surface area contributed by atoms with Crippen molar-refractivity contribution in [3.05, 3.63) is 59.7 Å². The van der Waals surface area contributed by atoms with Crippen LogP contribution in [-0.2, 0) is 99.1 Å². The number of likely N-dealkylation sites (tertiary alicyclic amines) is 1. The number of amides is 17. The predicted octanol–water partition coefficient (Wildman–Crippen LogP) is -11.4. The van der Waals surface area contributed by atoms with E-state index in [0.29, 0.717) is 12.0 Å². The number of benzene rings is 2. The van der Waals surface area contributed by atoms with Gasteiger partial charge < -0.3 is 176 Å². The van der Waals surface area contributed by atoms with Gasteiger partial charge in [0.05, 0.1) is 36.9 Å². The van der Waals surface area contributed by atoms with Crippen molar-refractivity contribution in [1.29, 1.82) is 10.8 Å². The van der Waals surface area contributed by atoms with Crippen molar-refractivity contribution in [3.8, 4) is 11.5 Å². The number of aromatic hydroxyl groups is 2. The fourth-order valence-electron chi connectivity index (χ4n) is 15.3. The van der Waals surface area contributed by atoms with Gasteiger partial charge >= 0.3 is 5.97 Å². The number of rotatable bonds is 63. The van der Waals surface area contributed by atoms with Crippen LogP contribution in [0.2, 0.25) is 0 Å². The second-order valence-electron chi connectivity index (χ2n) is 36.4. The second kappa shape index (κ2) is 61.5. The topological polar surface area (TPSA) is 898 Å². The Kier molecular flexibility index (Phi) is 52.8. The lowest BCUT2D eigenvalue weighted by molar-refractivity contribution is -0.143. The molecule has 2 saturated heterocycles.